The van der Waals surface area contributed by atoms with E-state index >= 15 is 0 Å². The van der Waals surface area contributed by atoms with Gasteiger partial charge in [0.15, 0.2) is 5.78 Å². The maximum atomic E-state index is 10.8. The van der Waals surface area contributed by atoms with Gasteiger partial charge in [0, 0.05) is 19.0 Å². The van der Waals surface area contributed by atoms with E-state index < -0.39 is 0 Å². The molecule has 0 N–H and O–H groups in total. The van der Waals surface area contributed by atoms with E-state index in [0.717, 1.165) is 0 Å². The second-order valence-corrected chi connectivity index (χ2v) is 1.82. The summed E-state index contributed by atoms with van der Waals surface area (Å²) in [4.78, 5) is 14.7. The summed E-state index contributed by atoms with van der Waals surface area (Å²) >= 11 is 0. The number of Topliss-reactive ketones (excluding diaryl/α,β-unsaturated/α-hetero) is 1. The lowest BCUT2D eigenvalue weighted by Crippen LogP contribution is -2.13. The van der Waals surface area contributed by atoms with Gasteiger partial charge in [0.05, 0.1) is 5.71 Å². The number of nitrogens with zero attached hydrogens (tertiary/aromatic N) is 1. The lowest BCUT2D eigenvalue weighted by Gasteiger charge is -2.00. The van der Waals surface area contributed by atoms with E-state index in [2.05, 4.69) is 4.99 Å². The number of hydrogen-bond donors (Lipinski definition) is 0. The van der Waals surface area contributed by atoms with Gasteiger partial charge in [-0.1, -0.05) is 13.0 Å². The first kappa shape index (κ1) is 6.20. The Bertz CT molecular complexity index is 179. The summed E-state index contributed by atoms with van der Waals surface area (Å²) in [5.74, 6) is 0.111. The molecule has 0 aliphatic carbocycles. The van der Waals surface area contributed by atoms with Gasteiger partial charge in [-0.05, 0) is 0 Å². The summed E-state index contributed by atoms with van der Waals surface area (Å²) in [6.07, 6.45) is 5.65. The van der Waals surface area contributed by atoms with Crippen LogP contribution in [0.5, 0.6) is 0 Å². The molecule has 1 aliphatic heterocycles. The van der Waals surface area contributed by atoms with Crippen molar-refractivity contribution in [2.45, 2.75) is 13.3 Å². The van der Waals surface area contributed by atoms with Crippen molar-refractivity contribution in [3.63, 3.8) is 0 Å². The molecule has 1 heterocycles. The standard InChI is InChI=1S/C7H8NO/c1-2-6-7(9)4-3-5-8-6/h2-3,5H,4H2,1H3. The molecule has 0 spiro atoms. The van der Waals surface area contributed by atoms with Crippen LogP contribution in [0.15, 0.2) is 17.3 Å². The van der Waals surface area contributed by atoms with Crippen LogP contribution in [0.25, 0.3) is 0 Å². The van der Waals surface area contributed by atoms with Crippen LogP contribution in [0.1, 0.15) is 13.3 Å². The predicted octanol–water partition coefficient (Wildman–Crippen LogP) is 1.14. The quantitative estimate of drug-likeness (QED) is 0.512. The number of hydrogen-bond acceptors (Lipinski definition) is 2. The van der Waals surface area contributed by atoms with Crippen molar-refractivity contribution >= 4 is 11.5 Å². The number of aliphatic imine (C=N–C) groups is 1. The zero-order valence-electron chi connectivity index (χ0n) is 5.29. The minimum atomic E-state index is 0.111. The SMILES string of the molecule is C[CH]C1=NC=CCC1=O. The molecule has 9 heavy (non-hydrogen) atoms. The maximum absolute atomic E-state index is 10.8. The van der Waals surface area contributed by atoms with E-state index in [1.165, 1.54) is 0 Å². The first-order valence-corrected chi connectivity index (χ1v) is 2.90. The highest BCUT2D eigenvalue weighted by Crippen LogP contribution is 2.00. The predicted molar refractivity (Wildman–Crippen MR) is 36.2 cm³/mol. The highest BCUT2D eigenvalue weighted by molar-refractivity contribution is 6.43. The third kappa shape index (κ3) is 1.25. The molecular formula is C7H8NO. The fourth-order valence-corrected chi connectivity index (χ4v) is 0.705. The normalized spacial score (nSPS) is 17.9. The number of carbonyl (C=O) groups is 1. The largest absolute Gasteiger partial charge is 0.292 e. The minimum Gasteiger partial charge on any atom is -0.292 e. The number of carbonyl (C=O) groups excluding carboxylic acids is 1. The molecule has 0 aromatic carbocycles. The van der Waals surface area contributed by atoms with Crippen LogP contribution in [-0.2, 0) is 4.79 Å². The summed E-state index contributed by atoms with van der Waals surface area (Å²) < 4.78 is 0. The molecule has 2 heteroatoms. The lowest BCUT2D eigenvalue weighted by molar-refractivity contribution is -0.112. The average molecular weight is 122 g/mol. The van der Waals surface area contributed by atoms with E-state index in [4.69, 9.17) is 0 Å². The molecule has 1 radical (unpaired) electrons. The summed E-state index contributed by atoms with van der Waals surface area (Å²) in [6.45, 7) is 1.82. The van der Waals surface area contributed by atoms with Gasteiger partial charge in [-0.3, -0.25) is 9.79 Å². The van der Waals surface area contributed by atoms with Crippen LogP contribution in [0.2, 0.25) is 0 Å². The molecule has 0 atom stereocenters. The van der Waals surface area contributed by atoms with Crippen molar-refractivity contribution in [2.24, 2.45) is 4.99 Å². The van der Waals surface area contributed by atoms with Crippen LogP contribution >= 0.6 is 0 Å². The van der Waals surface area contributed by atoms with Gasteiger partial charge in [-0.15, -0.1) is 0 Å². The molecule has 0 bridgehead atoms. The van der Waals surface area contributed by atoms with Crippen molar-refractivity contribution in [1.29, 1.82) is 0 Å². The van der Waals surface area contributed by atoms with Crippen molar-refractivity contribution in [3.8, 4) is 0 Å². The fraction of sp³-hybridized carbons (Fsp3) is 0.286. The highest BCUT2D eigenvalue weighted by Gasteiger charge is 2.08. The Morgan fingerprint density at radius 1 is 1.78 bits per heavy atom. The Morgan fingerprint density at radius 3 is 3.00 bits per heavy atom. The zero-order chi connectivity index (χ0) is 6.69. The molecule has 1 aliphatic rings. The van der Waals surface area contributed by atoms with Crippen LogP contribution in [0, 0.1) is 6.42 Å². The fourth-order valence-electron chi connectivity index (χ4n) is 0.705. The zero-order valence-corrected chi connectivity index (χ0v) is 5.29. The number of rotatable bonds is 1. The Balaban J connectivity index is 2.74. The smallest absolute Gasteiger partial charge is 0.181 e. The Hall–Kier alpha value is -0.920. The van der Waals surface area contributed by atoms with Gasteiger partial charge in [-0.2, -0.15) is 0 Å². The number of ketones is 1. The lowest BCUT2D eigenvalue weighted by atomic mass is 10.1. The molecule has 1 rings (SSSR count). The van der Waals surface area contributed by atoms with E-state index in [1.807, 2.05) is 6.92 Å². The van der Waals surface area contributed by atoms with Crippen molar-refractivity contribution in [2.75, 3.05) is 0 Å². The highest BCUT2D eigenvalue weighted by atomic mass is 16.1. The molecule has 0 fully saturated rings. The van der Waals surface area contributed by atoms with Gasteiger partial charge in [0.2, 0.25) is 0 Å². The number of allylic oxidation sites excluding steroid dienone is 1. The topological polar surface area (TPSA) is 29.4 Å². The molecule has 47 valence electrons. The average Bonchev–Trinajstić information content (AvgIpc) is 1.89. The third-order valence-electron chi connectivity index (χ3n) is 1.18. The van der Waals surface area contributed by atoms with Crippen molar-refractivity contribution < 1.29 is 4.79 Å². The van der Waals surface area contributed by atoms with Gasteiger partial charge in [0.25, 0.3) is 0 Å². The first-order valence-electron chi connectivity index (χ1n) is 2.90. The van der Waals surface area contributed by atoms with Gasteiger partial charge in [-0.25, -0.2) is 0 Å². The Kier molecular flexibility index (Phi) is 1.78. The molecule has 0 aromatic heterocycles. The monoisotopic (exact) mass is 122 g/mol. The molecule has 0 amide bonds. The van der Waals surface area contributed by atoms with Crippen LogP contribution in [0.3, 0.4) is 0 Å². The third-order valence-corrected chi connectivity index (χ3v) is 1.18. The van der Waals surface area contributed by atoms with E-state index in [9.17, 15) is 4.79 Å². The first-order chi connectivity index (χ1) is 4.34. The van der Waals surface area contributed by atoms with Crippen LogP contribution in [0.4, 0.5) is 0 Å². The second-order valence-electron chi connectivity index (χ2n) is 1.82. The van der Waals surface area contributed by atoms with Gasteiger partial charge >= 0.3 is 0 Å². The molecule has 0 aromatic rings. The molecule has 2 nitrogen and oxygen atoms in total. The van der Waals surface area contributed by atoms with Crippen LogP contribution in [-0.4, -0.2) is 11.5 Å². The molecule has 0 saturated heterocycles. The van der Waals surface area contributed by atoms with Gasteiger partial charge in [0.1, 0.15) is 0 Å². The summed E-state index contributed by atoms with van der Waals surface area (Å²) in [5.41, 5.74) is 0.581. The van der Waals surface area contributed by atoms with Crippen molar-refractivity contribution in [1.82, 2.24) is 0 Å². The van der Waals surface area contributed by atoms with E-state index in [0.29, 0.717) is 12.1 Å². The summed E-state index contributed by atoms with van der Waals surface area (Å²) in [7, 11) is 0. The second kappa shape index (κ2) is 2.58. The summed E-state index contributed by atoms with van der Waals surface area (Å²) in [6, 6.07) is 0. The van der Waals surface area contributed by atoms with Gasteiger partial charge < -0.3 is 0 Å². The minimum absolute atomic E-state index is 0.111. The van der Waals surface area contributed by atoms with E-state index in [1.54, 1.807) is 18.7 Å². The molecule has 0 saturated carbocycles. The Labute approximate surface area is 54.3 Å². The molecular weight excluding hydrogens is 114 g/mol. The molecule has 0 unspecified atom stereocenters. The maximum Gasteiger partial charge on any atom is 0.181 e. The van der Waals surface area contributed by atoms with Crippen molar-refractivity contribution in [3.05, 3.63) is 18.7 Å². The van der Waals surface area contributed by atoms with Crippen LogP contribution < -0.4 is 0 Å². The Morgan fingerprint density at radius 2 is 2.56 bits per heavy atom. The summed E-state index contributed by atoms with van der Waals surface area (Å²) in [5, 5.41) is 0. The van der Waals surface area contributed by atoms with E-state index in [-0.39, 0.29) is 5.78 Å².